The Morgan fingerprint density at radius 1 is 0.677 bits per heavy atom. The van der Waals surface area contributed by atoms with Crippen molar-refractivity contribution in [3.63, 3.8) is 0 Å². The lowest BCUT2D eigenvalue weighted by molar-refractivity contribution is 0.250. The van der Waals surface area contributed by atoms with E-state index in [1.807, 2.05) is 6.21 Å². The molecule has 0 aliphatic carbocycles. The minimum absolute atomic E-state index is 0.986. The van der Waals surface area contributed by atoms with Crippen molar-refractivity contribution in [2.24, 2.45) is 4.99 Å². The summed E-state index contributed by atoms with van der Waals surface area (Å²) in [6, 6.07) is 34.2. The molecule has 4 aromatic carbocycles. The Labute approximate surface area is 184 Å². The van der Waals surface area contributed by atoms with Crippen molar-refractivity contribution in [1.29, 1.82) is 0 Å². The summed E-state index contributed by atoms with van der Waals surface area (Å²) in [4.78, 5) is 9.73. The molecule has 154 valence electrons. The number of piperazine rings is 1. The van der Waals surface area contributed by atoms with Crippen molar-refractivity contribution in [2.75, 3.05) is 31.1 Å². The van der Waals surface area contributed by atoms with Crippen molar-refractivity contribution in [2.45, 2.75) is 6.54 Å². The Bertz CT molecular complexity index is 1150. The zero-order valence-electron chi connectivity index (χ0n) is 17.7. The summed E-state index contributed by atoms with van der Waals surface area (Å²) in [7, 11) is 0. The second-order valence-corrected chi connectivity index (χ2v) is 8.09. The topological polar surface area (TPSA) is 18.8 Å². The molecule has 1 aliphatic heterocycles. The number of anilines is 1. The fourth-order valence-corrected chi connectivity index (χ4v) is 4.26. The molecule has 5 rings (SSSR count). The first-order valence-corrected chi connectivity index (χ1v) is 11.0. The van der Waals surface area contributed by atoms with E-state index in [1.54, 1.807) is 0 Å². The number of rotatable bonds is 5. The summed E-state index contributed by atoms with van der Waals surface area (Å²) < 4.78 is 0. The van der Waals surface area contributed by atoms with Gasteiger partial charge in [-0.15, -0.1) is 0 Å². The summed E-state index contributed by atoms with van der Waals surface area (Å²) in [5.41, 5.74) is 4.81. The fourth-order valence-electron chi connectivity index (χ4n) is 4.26. The van der Waals surface area contributed by atoms with E-state index in [4.69, 9.17) is 4.99 Å². The quantitative estimate of drug-likeness (QED) is 0.384. The maximum atomic E-state index is 4.72. The van der Waals surface area contributed by atoms with E-state index in [0.29, 0.717) is 0 Å². The molecule has 0 radical (unpaired) electrons. The third kappa shape index (κ3) is 4.68. The van der Waals surface area contributed by atoms with Crippen LogP contribution in [0.2, 0.25) is 0 Å². The normalized spacial score (nSPS) is 15.0. The smallest absolute Gasteiger partial charge is 0.0631 e. The third-order valence-electron chi connectivity index (χ3n) is 6.01. The highest BCUT2D eigenvalue weighted by Crippen LogP contribution is 2.23. The minimum atomic E-state index is 0.986. The monoisotopic (exact) mass is 405 g/mol. The molecule has 1 fully saturated rings. The van der Waals surface area contributed by atoms with Gasteiger partial charge < -0.3 is 4.90 Å². The number of hydrogen-bond acceptors (Lipinski definition) is 3. The summed E-state index contributed by atoms with van der Waals surface area (Å²) >= 11 is 0. The van der Waals surface area contributed by atoms with Gasteiger partial charge in [-0.2, -0.15) is 0 Å². The Balaban J connectivity index is 1.21. The average molecular weight is 406 g/mol. The van der Waals surface area contributed by atoms with Crippen LogP contribution < -0.4 is 4.90 Å². The predicted octanol–water partition coefficient (Wildman–Crippen LogP) is 5.91. The Hall–Kier alpha value is -3.43. The van der Waals surface area contributed by atoms with Gasteiger partial charge in [0.15, 0.2) is 0 Å². The van der Waals surface area contributed by atoms with Gasteiger partial charge in [-0.05, 0) is 40.6 Å². The number of nitrogens with zero attached hydrogens (tertiary/aromatic N) is 3. The fraction of sp³-hybridized carbons (Fsp3) is 0.179. The maximum absolute atomic E-state index is 4.72. The van der Waals surface area contributed by atoms with Gasteiger partial charge in [0.2, 0.25) is 0 Å². The van der Waals surface area contributed by atoms with Crippen molar-refractivity contribution in [3.8, 4) is 0 Å². The molecule has 1 heterocycles. The molecule has 31 heavy (non-hydrogen) atoms. The molecule has 0 spiro atoms. The molecule has 0 saturated carbocycles. The molecular formula is C28H27N3. The van der Waals surface area contributed by atoms with Gasteiger partial charge in [0.1, 0.15) is 0 Å². The molecule has 1 saturated heterocycles. The molecule has 0 bridgehead atoms. The highest BCUT2D eigenvalue weighted by atomic mass is 15.3. The van der Waals surface area contributed by atoms with Gasteiger partial charge in [-0.25, -0.2) is 0 Å². The Morgan fingerprint density at radius 3 is 2.19 bits per heavy atom. The second-order valence-electron chi connectivity index (χ2n) is 8.09. The maximum Gasteiger partial charge on any atom is 0.0631 e. The van der Waals surface area contributed by atoms with Crippen molar-refractivity contribution in [3.05, 3.63) is 108 Å². The molecule has 0 amide bonds. The summed E-state index contributed by atoms with van der Waals surface area (Å²) in [5.74, 6) is 0. The zero-order valence-corrected chi connectivity index (χ0v) is 17.7. The number of fused-ring (bicyclic) bond motifs is 1. The number of aliphatic imine (C=N–C) groups is 1. The predicted molar refractivity (Wildman–Crippen MR) is 132 cm³/mol. The van der Waals surface area contributed by atoms with Gasteiger partial charge >= 0.3 is 0 Å². The van der Waals surface area contributed by atoms with Crippen molar-refractivity contribution < 1.29 is 0 Å². The van der Waals surface area contributed by atoms with Crippen LogP contribution in [0.15, 0.2) is 102 Å². The van der Waals surface area contributed by atoms with Gasteiger partial charge in [0, 0.05) is 50.2 Å². The van der Waals surface area contributed by atoms with Crippen LogP contribution in [-0.4, -0.2) is 37.3 Å². The van der Waals surface area contributed by atoms with Crippen LogP contribution in [0.25, 0.3) is 10.8 Å². The van der Waals surface area contributed by atoms with E-state index in [2.05, 4.69) is 107 Å². The van der Waals surface area contributed by atoms with E-state index >= 15 is 0 Å². The van der Waals surface area contributed by atoms with E-state index in [9.17, 15) is 0 Å². The molecule has 1 aliphatic rings. The molecule has 0 N–H and O–H groups in total. The minimum Gasteiger partial charge on any atom is -0.369 e. The standard InChI is InChI=1S/C28H27N3/c1-2-7-23(8-3-1)22-30-17-19-31(20-18-30)27-15-13-26(14-16-27)29-21-25-11-6-10-24-9-4-5-12-28(24)25/h1-16,21H,17-20,22H2. The van der Waals surface area contributed by atoms with Crippen LogP contribution in [0.3, 0.4) is 0 Å². The molecule has 0 unspecified atom stereocenters. The molecule has 3 heteroatoms. The van der Waals surface area contributed by atoms with Crippen LogP contribution in [-0.2, 0) is 6.54 Å². The van der Waals surface area contributed by atoms with Gasteiger partial charge in [0.25, 0.3) is 0 Å². The SMILES string of the molecule is C(=Nc1ccc(N2CCN(Cc3ccccc3)CC2)cc1)c1cccc2ccccc12. The number of benzene rings is 4. The highest BCUT2D eigenvalue weighted by molar-refractivity contribution is 6.00. The van der Waals surface area contributed by atoms with E-state index in [-0.39, 0.29) is 0 Å². The van der Waals surface area contributed by atoms with Crippen LogP contribution in [0, 0.1) is 0 Å². The van der Waals surface area contributed by atoms with Crippen molar-refractivity contribution >= 4 is 28.4 Å². The first-order valence-electron chi connectivity index (χ1n) is 11.0. The average Bonchev–Trinajstić information content (AvgIpc) is 2.84. The summed E-state index contributed by atoms with van der Waals surface area (Å²) in [6.07, 6.45) is 1.97. The molecule has 0 aromatic heterocycles. The molecule has 3 nitrogen and oxygen atoms in total. The van der Waals surface area contributed by atoms with Gasteiger partial charge in [0.05, 0.1) is 5.69 Å². The van der Waals surface area contributed by atoms with Crippen LogP contribution in [0.5, 0.6) is 0 Å². The molecule has 0 atom stereocenters. The van der Waals surface area contributed by atoms with Gasteiger partial charge in [-0.3, -0.25) is 9.89 Å². The largest absolute Gasteiger partial charge is 0.369 e. The van der Waals surface area contributed by atoms with Crippen LogP contribution in [0.1, 0.15) is 11.1 Å². The lowest BCUT2D eigenvalue weighted by Crippen LogP contribution is -2.45. The third-order valence-corrected chi connectivity index (χ3v) is 6.01. The first kappa shape index (κ1) is 19.5. The van der Waals surface area contributed by atoms with E-state index < -0.39 is 0 Å². The number of hydrogen-bond donors (Lipinski definition) is 0. The molecular weight excluding hydrogens is 378 g/mol. The summed E-state index contributed by atoms with van der Waals surface area (Å²) in [5, 5.41) is 2.48. The molecule has 4 aromatic rings. The summed E-state index contributed by atoms with van der Waals surface area (Å²) in [6.45, 7) is 5.35. The lowest BCUT2D eigenvalue weighted by atomic mass is 10.1. The van der Waals surface area contributed by atoms with E-state index in [1.165, 1.54) is 22.0 Å². The highest BCUT2D eigenvalue weighted by Gasteiger charge is 2.17. The Morgan fingerprint density at radius 2 is 1.39 bits per heavy atom. The van der Waals surface area contributed by atoms with Crippen LogP contribution in [0.4, 0.5) is 11.4 Å². The van der Waals surface area contributed by atoms with Crippen molar-refractivity contribution in [1.82, 2.24) is 4.90 Å². The van der Waals surface area contributed by atoms with Gasteiger partial charge in [-0.1, -0.05) is 72.8 Å². The lowest BCUT2D eigenvalue weighted by Gasteiger charge is -2.36. The second kappa shape index (κ2) is 9.15. The van der Waals surface area contributed by atoms with E-state index in [0.717, 1.165) is 44.0 Å². The Kier molecular flexibility index (Phi) is 5.76. The first-order chi connectivity index (χ1) is 15.3. The van der Waals surface area contributed by atoms with Crippen LogP contribution >= 0.6 is 0 Å². The zero-order chi connectivity index (χ0) is 20.9.